The van der Waals surface area contributed by atoms with Gasteiger partial charge in [-0.15, -0.1) is 0 Å². The molecule has 0 spiro atoms. The third-order valence-electron chi connectivity index (χ3n) is 3.52. The zero-order valence-electron chi connectivity index (χ0n) is 10.8. The lowest BCUT2D eigenvalue weighted by molar-refractivity contribution is 0.0732. The molecule has 1 saturated heterocycles. The number of carbonyl (C=O) groups is 1. The number of aromatic amines is 1. The molecule has 1 unspecified atom stereocenters. The van der Waals surface area contributed by atoms with E-state index < -0.39 is 0 Å². The molecule has 0 bridgehead atoms. The number of hydrogen-bond donors (Lipinski definition) is 1. The van der Waals surface area contributed by atoms with Gasteiger partial charge in [-0.2, -0.15) is 10.4 Å². The maximum absolute atomic E-state index is 12.5. The normalized spacial score (nSPS) is 17.9. The Morgan fingerprint density at radius 2 is 2.35 bits per heavy atom. The first kappa shape index (κ1) is 12.4. The van der Waals surface area contributed by atoms with Gasteiger partial charge in [-0.05, 0) is 31.0 Å². The molecular weight excluding hydrogens is 254 g/mol. The Morgan fingerprint density at radius 1 is 1.45 bits per heavy atom. The summed E-state index contributed by atoms with van der Waals surface area (Å²) in [6.07, 6.45) is 5.06. The Labute approximate surface area is 116 Å². The highest BCUT2D eigenvalue weighted by Crippen LogP contribution is 2.31. The molecule has 1 amide bonds. The molecule has 6 nitrogen and oxygen atoms in total. The average molecular weight is 267 g/mol. The summed E-state index contributed by atoms with van der Waals surface area (Å²) in [7, 11) is 0. The average Bonchev–Trinajstić information content (AvgIpc) is 3.16. The molecule has 100 valence electrons. The van der Waals surface area contributed by atoms with Crippen molar-refractivity contribution in [2.45, 2.75) is 18.9 Å². The summed E-state index contributed by atoms with van der Waals surface area (Å²) in [5, 5.41) is 15.6. The number of nitriles is 1. The highest BCUT2D eigenvalue weighted by Gasteiger charge is 2.31. The van der Waals surface area contributed by atoms with Crippen molar-refractivity contribution in [2.75, 3.05) is 6.54 Å². The number of nitrogens with one attached hydrogen (secondary N) is 1. The van der Waals surface area contributed by atoms with Crippen LogP contribution in [-0.2, 0) is 0 Å². The van der Waals surface area contributed by atoms with Gasteiger partial charge in [0.15, 0.2) is 0 Å². The third-order valence-corrected chi connectivity index (χ3v) is 3.52. The number of hydrogen-bond acceptors (Lipinski definition) is 4. The summed E-state index contributed by atoms with van der Waals surface area (Å²) >= 11 is 0. The smallest absolute Gasteiger partial charge is 0.255 e. The number of nitrogens with zero attached hydrogens (tertiary/aromatic N) is 4. The number of amides is 1. The van der Waals surface area contributed by atoms with Gasteiger partial charge in [-0.1, -0.05) is 0 Å². The molecule has 2 aromatic heterocycles. The fraction of sp³-hybridized carbons (Fsp3) is 0.286. The number of pyridine rings is 1. The molecule has 1 atom stereocenters. The van der Waals surface area contributed by atoms with Gasteiger partial charge in [0.05, 0.1) is 17.3 Å². The number of H-pyrrole nitrogens is 1. The maximum Gasteiger partial charge on any atom is 0.255 e. The molecule has 6 heteroatoms. The van der Waals surface area contributed by atoms with Crippen molar-refractivity contribution in [3.05, 3.63) is 47.5 Å². The Bertz CT molecular complexity index is 641. The predicted octanol–water partition coefficient (Wildman–Crippen LogP) is 1.65. The zero-order chi connectivity index (χ0) is 13.9. The Balaban J connectivity index is 1.84. The summed E-state index contributed by atoms with van der Waals surface area (Å²) in [4.78, 5) is 18.3. The van der Waals surface area contributed by atoms with E-state index in [1.165, 1.54) is 6.20 Å². The van der Waals surface area contributed by atoms with Crippen molar-refractivity contribution in [2.24, 2.45) is 0 Å². The molecule has 1 aliphatic rings. The minimum Gasteiger partial charge on any atom is -0.330 e. The lowest BCUT2D eigenvalue weighted by Gasteiger charge is -2.23. The van der Waals surface area contributed by atoms with E-state index in [4.69, 9.17) is 5.26 Å². The molecule has 0 saturated carbocycles. The van der Waals surface area contributed by atoms with Crippen LogP contribution in [0.15, 0.2) is 30.6 Å². The van der Waals surface area contributed by atoms with Gasteiger partial charge >= 0.3 is 0 Å². The number of rotatable bonds is 2. The summed E-state index contributed by atoms with van der Waals surface area (Å²) in [6, 6.07) is 7.10. The largest absolute Gasteiger partial charge is 0.330 e. The number of likely N-dealkylation sites (tertiary alicyclic amines) is 1. The number of aromatic nitrogens is 3. The molecule has 3 rings (SSSR count). The fourth-order valence-corrected chi connectivity index (χ4v) is 2.54. The second-order valence-electron chi connectivity index (χ2n) is 4.71. The lowest BCUT2D eigenvalue weighted by Crippen LogP contribution is -2.30. The Kier molecular flexibility index (Phi) is 3.17. The minimum absolute atomic E-state index is 0.0423. The van der Waals surface area contributed by atoms with Crippen molar-refractivity contribution in [3.63, 3.8) is 0 Å². The van der Waals surface area contributed by atoms with Crippen LogP contribution in [-0.4, -0.2) is 32.5 Å². The van der Waals surface area contributed by atoms with Crippen molar-refractivity contribution in [3.8, 4) is 6.07 Å². The summed E-state index contributed by atoms with van der Waals surface area (Å²) in [5.74, 6) is -0.0564. The minimum atomic E-state index is -0.0564. The molecule has 0 aliphatic carbocycles. The van der Waals surface area contributed by atoms with Crippen molar-refractivity contribution >= 4 is 5.91 Å². The third kappa shape index (κ3) is 2.14. The standard InChI is InChI=1S/C14H13N5O/c15-8-11-4-3-10(9-16-11)14(20)19-7-1-2-13(19)12-5-6-17-18-12/h3-6,9,13H,1-2,7H2,(H,17,18). The van der Waals surface area contributed by atoms with E-state index in [9.17, 15) is 4.79 Å². The van der Waals surface area contributed by atoms with Gasteiger partial charge in [-0.3, -0.25) is 9.89 Å². The molecule has 3 heterocycles. The molecule has 0 aromatic carbocycles. The van der Waals surface area contributed by atoms with Crippen LogP contribution in [0.2, 0.25) is 0 Å². The lowest BCUT2D eigenvalue weighted by atomic mass is 10.1. The van der Waals surface area contributed by atoms with Crippen LogP contribution in [0.4, 0.5) is 0 Å². The van der Waals surface area contributed by atoms with Gasteiger partial charge in [0.2, 0.25) is 0 Å². The van der Waals surface area contributed by atoms with Crippen LogP contribution < -0.4 is 0 Å². The molecule has 20 heavy (non-hydrogen) atoms. The molecule has 1 aliphatic heterocycles. The van der Waals surface area contributed by atoms with Crippen molar-refractivity contribution in [1.29, 1.82) is 5.26 Å². The highest BCUT2D eigenvalue weighted by molar-refractivity contribution is 5.94. The zero-order valence-corrected chi connectivity index (χ0v) is 10.8. The second kappa shape index (κ2) is 5.13. The SMILES string of the molecule is N#Cc1ccc(C(=O)N2CCCC2c2ccn[nH]2)cn1. The molecule has 1 fully saturated rings. The summed E-state index contributed by atoms with van der Waals surface area (Å²) in [5.41, 5.74) is 1.78. The monoisotopic (exact) mass is 267 g/mol. The van der Waals surface area contributed by atoms with Crippen LogP contribution in [0.1, 0.15) is 40.6 Å². The second-order valence-corrected chi connectivity index (χ2v) is 4.71. The van der Waals surface area contributed by atoms with E-state index in [1.54, 1.807) is 18.3 Å². The van der Waals surface area contributed by atoms with E-state index in [0.717, 1.165) is 25.1 Å². The van der Waals surface area contributed by atoms with E-state index in [1.807, 2.05) is 17.0 Å². The first-order chi connectivity index (χ1) is 9.79. The first-order valence-corrected chi connectivity index (χ1v) is 6.46. The van der Waals surface area contributed by atoms with Crippen molar-refractivity contribution < 1.29 is 4.79 Å². The van der Waals surface area contributed by atoms with Crippen molar-refractivity contribution in [1.82, 2.24) is 20.1 Å². The van der Waals surface area contributed by atoms with E-state index in [-0.39, 0.29) is 11.9 Å². The molecular formula is C14H13N5O. The molecule has 2 aromatic rings. The van der Waals surface area contributed by atoms with E-state index in [0.29, 0.717) is 11.3 Å². The van der Waals surface area contributed by atoms with Gasteiger partial charge in [0.25, 0.3) is 5.91 Å². The topological polar surface area (TPSA) is 85.7 Å². The van der Waals surface area contributed by atoms with Crippen LogP contribution >= 0.6 is 0 Å². The van der Waals surface area contributed by atoms with E-state index in [2.05, 4.69) is 15.2 Å². The quantitative estimate of drug-likeness (QED) is 0.896. The van der Waals surface area contributed by atoms with Crippen LogP contribution in [0, 0.1) is 11.3 Å². The Hall–Kier alpha value is -2.68. The summed E-state index contributed by atoms with van der Waals surface area (Å²) in [6.45, 7) is 0.725. The maximum atomic E-state index is 12.5. The van der Waals surface area contributed by atoms with Crippen LogP contribution in [0.3, 0.4) is 0 Å². The summed E-state index contributed by atoms with van der Waals surface area (Å²) < 4.78 is 0. The van der Waals surface area contributed by atoms with Gasteiger partial charge in [0.1, 0.15) is 11.8 Å². The Morgan fingerprint density at radius 3 is 3.00 bits per heavy atom. The fourth-order valence-electron chi connectivity index (χ4n) is 2.54. The van der Waals surface area contributed by atoms with Crippen LogP contribution in [0.5, 0.6) is 0 Å². The van der Waals surface area contributed by atoms with Gasteiger partial charge < -0.3 is 4.90 Å². The number of carbonyl (C=O) groups excluding carboxylic acids is 1. The van der Waals surface area contributed by atoms with E-state index >= 15 is 0 Å². The van der Waals surface area contributed by atoms with Gasteiger partial charge in [0, 0.05) is 18.9 Å². The highest BCUT2D eigenvalue weighted by atomic mass is 16.2. The van der Waals surface area contributed by atoms with Crippen LogP contribution in [0.25, 0.3) is 0 Å². The molecule has 1 N–H and O–H groups in total. The van der Waals surface area contributed by atoms with Gasteiger partial charge in [-0.25, -0.2) is 4.98 Å². The predicted molar refractivity (Wildman–Crippen MR) is 70.6 cm³/mol. The first-order valence-electron chi connectivity index (χ1n) is 6.46. The molecule has 0 radical (unpaired) electrons.